The first-order valence-electron chi connectivity index (χ1n) is 20.2. The van der Waals surface area contributed by atoms with Gasteiger partial charge in [-0.05, 0) is 51.0 Å². The third kappa shape index (κ3) is 7.21. The number of esters is 4. The van der Waals surface area contributed by atoms with Gasteiger partial charge in [-0.3, -0.25) is 19.2 Å². The quantitative estimate of drug-likeness (QED) is 0.184. The normalized spacial score (nSPS) is 34.4. The number of ketones is 1. The van der Waals surface area contributed by atoms with Crippen LogP contribution in [0.15, 0.2) is 53.1 Å². The molecule has 61 heavy (non-hydrogen) atoms. The maximum atomic E-state index is 15.6. The number of carbonyl (C=O) groups is 7. The Bertz CT molecular complexity index is 2080. The molecule has 332 valence electrons. The molecule has 3 aliphatic carbocycles. The highest BCUT2D eigenvalue weighted by atomic mass is 16.8. The van der Waals surface area contributed by atoms with Gasteiger partial charge >= 0.3 is 30.0 Å². The van der Waals surface area contributed by atoms with Crippen LogP contribution in [0.5, 0.6) is 0 Å². The van der Waals surface area contributed by atoms with Gasteiger partial charge in [-0.1, -0.05) is 64.5 Å². The maximum Gasteiger partial charge on any atom is 0.509 e. The molecule has 2 aliphatic heterocycles. The summed E-state index contributed by atoms with van der Waals surface area (Å²) in [6.07, 6.45) is -12.1. The zero-order valence-electron chi connectivity index (χ0n) is 36.2. The summed E-state index contributed by atoms with van der Waals surface area (Å²) in [4.78, 5) is 97.4. The minimum absolute atomic E-state index is 0.0298. The number of hydrogen-bond acceptors (Lipinski definition) is 16. The van der Waals surface area contributed by atoms with Crippen LogP contribution in [-0.2, 0) is 57.1 Å². The molecule has 4 fully saturated rings. The van der Waals surface area contributed by atoms with Crippen LogP contribution in [0.3, 0.4) is 0 Å². The lowest BCUT2D eigenvalue weighted by Crippen LogP contribution is -2.83. The fourth-order valence-electron chi connectivity index (χ4n) is 10.1. The Kier molecular flexibility index (Phi) is 11.6. The van der Waals surface area contributed by atoms with Crippen LogP contribution in [0, 0.1) is 22.2 Å². The number of rotatable bonds is 9. The molecule has 0 aromatic heterocycles. The molecular formula is C44H55NO16. The Morgan fingerprint density at radius 3 is 2.13 bits per heavy atom. The van der Waals surface area contributed by atoms with E-state index in [4.69, 9.17) is 33.2 Å². The standard InChI is InChI=1S/C44H55NO16/c1-20(2)17-25(45-38(53)40(6,7)8)29(49)37(52)57-30-21(3)28-31(56-22(4)46)33(50)42(11)26(48)18-27-43(19-55-27,60-23(5)47)32(42)35(58-36(51)24-15-13-12-14-16-24)44(41(28,9)10)34(30)59-39(54)61-44/h12-17,25-27,29-32,34-35,48-49H,18-19H2,1-11H3,(H,45,53)/t25-,26-,27+,29+,30+,31+,32-,34-,35-,42+,43-,44+/m0/s1. The van der Waals surface area contributed by atoms with Crippen molar-refractivity contribution in [1.82, 2.24) is 5.32 Å². The van der Waals surface area contributed by atoms with E-state index in [0.717, 1.165) is 13.8 Å². The number of hydrogen-bond donors (Lipinski definition) is 3. The van der Waals surface area contributed by atoms with E-state index in [1.807, 2.05) is 0 Å². The van der Waals surface area contributed by atoms with Crippen molar-refractivity contribution in [3.05, 3.63) is 58.7 Å². The van der Waals surface area contributed by atoms with Gasteiger partial charge in [-0.2, -0.15) is 0 Å². The van der Waals surface area contributed by atoms with Crippen molar-refractivity contribution < 1.29 is 76.9 Å². The van der Waals surface area contributed by atoms with E-state index in [1.54, 1.807) is 66.7 Å². The molecule has 2 saturated heterocycles. The van der Waals surface area contributed by atoms with Crippen LogP contribution in [0.1, 0.15) is 92.9 Å². The molecule has 0 unspecified atom stereocenters. The number of nitrogens with one attached hydrogen (secondary N) is 1. The van der Waals surface area contributed by atoms with Crippen LogP contribution in [0.25, 0.3) is 0 Å². The zero-order valence-corrected chi connectivity index (χ0v) is 36.2. The summed E-state index contributed by atoms with van der Waals surface area (Å²) < 4.78 is 42.7. The van der Waals surface area contributed by atoms with Crippen LogP contribution < -0.4 is 5.32 Å². The Balaban J connectivity index is 1.64. The average molecular weight is 854 g/mol. The fraction of sp³-hybridized carbons (Fsp3) is 0.614. The first-order chi connectivity index (χ1) is 28.2. The van der Waals surface area contributed by atoms with Crippen molar-refractivity contribution in [2.75, 3.05) is 6.61 Å². The minimum Gasteiger partial charge on any atom is -0.454 e. The number of ether oxygens (including phenoxy) is 7. The molecular weight excluding hydrogens is 798 g/mol. The van der Waals surface area contributed by atoms with Crippen LogP contribution >= 0.6 is 0 Å². The second-order valence-electron chi connectivity index (χ2n) is 18.6. The first-order valence-corrected chi connectivity index (χ1v) is 20.2. The number of Topliss-reactive ketones (excluding diaryl/α,β-unsaturated/α-hetero) is 1. The van der Waals surface area contributed by atoms with E-state index in [-0.39, 0.29) is 29.7 Å². The average Bonchev–Trinajstić information content (AvgIpc) is 3.52. The summed E-state index contributed by atoms with van der Waals surface area (Å²) in [5.74, 6) is -7.04. The van der Waals surface area contributed by atoms with E-state index in [0.29, 0.717) is 5.57 Å². The van der Waals surface area contributed by atoms with E-state index >= 15 is 4.79 Å². The van der Waals surface area contributed by atoms with Gasteiger partial charge in [0.2, 0.25) is 11.5 Å². The van der Waals surface area contributed by atoms with Gasteiger partial charge in [0.1, 0.15) is 6.10 Å². The monoisotopic (exact) mass is 853 g/mol. The number of benzene rings is 1. The topological polar surface area (TPSA) is 237 Å². The first kappa shape index (κ1) is 45.4. The summed E-state index contributed by atoms with van der Waals surface area (Å²) in [5.41, 5.74) is -8.32. The maximum absolute atomic E-state index is 15.6. The molecule has 3 N–H and O–H groups in total. The number of amides is 1. The molecule has 17 nitrogen and oxygen atoms in total. The van der Waals surface area contributed by atoms with Crippen molar-refractivity contribution in [2.24, 2.45) is 22.2 Å². The van der Waals surface area contributed by atoms with Gasteiger partial charge in [0.25, 0.3) is 0 Å². The summed E-state index contributed by atoms with van der Waals surface area (Å²) in [5, 5.41) is 26.4. The highest BCUT2D eigenvalue weighted by Crippen LogP contribution is 2.67. The highest BCUT2D eigenvalue weighted by Gasteiger charge is 2.83. The SMILES string of the molecule is CC(=O)O[C@H]1C(=O)[C@@]2(C)[C@H]([C@H](OC(=O)c3ccccc3)[C@]34OC(=O)O[C@H]3[C@H](OC(=O)[C@H](O)[C@H](C=C(C)C)NC(=O)C(C)(C)C)C(C)=C1C4(C)C)[C@]1(OC(C)=O)CO[C@@H]1C[C@@H]2O. The van der Waals surface area contributed by atoms with Crippen molar-refractivity contribution in [3.63, 3.8) is 0 Å². The predicted octanol–water partition coefficient (Wildman–Crippen LogP) is 3.21. The molecule has 2 heterocycles. The van der Waals surface area contributed by atoms with Crippen LogP contribution in [0.2, 0.25) is 0 Å². The largest absolute Gasteiger partial charge is 0.509 e. The van der Waals surface area contributed by atoms with Crippen molar-refractivity contribution in [2.45, 2.75) is 143 Å². The van der Waals surface area contributed by atoms with E-state index < -0.39 is 124 Å². The smallest absolute Gasteiger partial charge is 0.454 e. The van der Waals surface area contributed by atoms with Gasteiger partial charge in [-0.25, -0.2) is 14.4 Å². The third-order valence-electron chi connectivity index (χ3n) is 13.0. The fourth-order valence-corrected chi connectivity index (χ4v) is 10.1. The van der Waals surface area contributed by atoms with E-state index in [9.17, 15) is 39.0 Å². The summed E-state index contributed by atoms with van der Waals surface area (Å²) in [6.45, 7) is 16.1. The van der Waals surface area contributed by atoms with Gasteiger partial charge < -0.3 is 48.7 Å². The van der Waals surface area contributed by atoms with E-state index in [1.165, 1.54) is 32.1 Å². The second-order valence-corrected chi connectivity index (χ2v) is 18.6. The number of fused-ring (bicyclic) bond motifs is 4. The van der Waals surface area contributed by atoms with Gasteiger partial charge in [-0.15, -0.1) is 0 Å². The number of allylic oxidation sites excluding steroid dienone is 1. The molecule has 1 amide bonds. The second kappa shape index (κ2) is 15.6. The lowest BCUT2D eigenvalue weighted by molar-refractivity contribution is -0.345. The molecule has 6 rings (SSSR count). The Morgan fingerprint density at radius 2 is 1.59 bits per heavy atom. The lowest BCUT2D eigenvalue weighted by Gasteiger charge is -2.67. The number of aliphatic hydroxyl groups is 2. The number of carbonyl (C=O) groups excluding carboxylic acids is 7. The molecule has 1 aromatic rings. The highest BCUT2D eigenvalue weighted by molar-refractivity contribution is 5.96. The molecule has 12 atom stereocenters. The Hall–Kier alpha value is -5.13. The lowest BCUT2D eigenvalue weighted by atomic mass is 9.44. The van der Waals surface area contributed by atoms with Gasteiger partial charge in [0.15, 0.2) is 41.9 Å². The van der Waals surface area contributed by atoms with Crippen molar-refractivity contribution >= 4 is 41.7 Å². The predicted molar refractivity (Wildman–Crippen MR) is 210 cm³/mol. The summed E-state index contributed by atoms with van der Waals surface area (Å²) in [6, 6.07) is 6.43. The number of aliphatic hydroxyl groups excluding tert-OH is 2. The van der Waals surface area contributed by atoms with Crippen LogP contribution in [0.4, 0.5) is 4.79 Å². The third-order valence-corrected chi connectivity index (χ3v) is 13.0. The summed E-state index contributed by atoms with van der Waals surface area (Å²) in [7, 11) is 0. The molecule has 2 bridgehead atoms. The van der Waals surface area contributed by atoms with Crippen molar-refractivity contribution in [3.8, 4) is 0 Å². The van der Waals surface area contributed by atoms with Crippen molar-refractivity contribution in [1.29, 1.82) is 0 Å². The molecule has 1 spiro atoms. The van der Waals surface area contributed by atoms with E-state index in [2.05, 4.69) is 5.32 Å². The van der Waals surface area contributed by atoms with Gasteiger partial charge in [0, 0.05) is 31.1 Å². The Morgan fingerprint density at radius 1 is 0.951 bits per heavy atom. The molecule has 0 radical (unpaired) electrons. The van der Waals surface area contributed by atoms with Crippen LogP contribution in [-0.4, -0.2) is 119 Å². The summed E-state index contributed by atoms with van der Waals surface area (Å²) >= 11 is 0. The molecule has 2 saturated carbocycles. The molecule has 1 aromatic carbocycles. The molecule has 5 aliphatic rings. The Labute approximate surface area is 353 Å². The van der Waals surface area contributed by atoms with Gasteiger partial charge in [0.05, 0.1) is 35.6 Å². The molecule has 17 heteroatoms. The zero-order chi connectivity index (χ0) is 45.4. The minimum atomic E-state index is -2.35.